The first kappa shape index (κ1) is 19.7. The maximum Gasteiger partial charge on any atom is 0.250 e. The molecule has 0 radical (unpaired) electrons. The zero-order chi connectivity index (χ0) is 20.0. The van der Waals surface area contributed by atoms with Crippen LogP contribution in [0.1, 0.15) is 48.0 Å². The Labute approximate surface area is 163 Å². The normalized spacial score (nSPS) is 21.5. The minimum absolute atomic E-state index is 0.176. The van der Waals surface area contributed by atoms with E-state index in [0.29, 0.717) is 5.69 Å². The Balaban J connectivity index is 2.29. The lowest BCUT2D eigenvalue weighted by molar-refractivity contribution is 0.554. The van der Waals surface area contributed by atoms with Crippen molar-refractivity contribution in [3.8, 4) is 0 Å². The van der Waals surface area contributed by atoms with Crippen molar-refractivity contribution in [1.29, 1.82) is 0 Å². The summed E-state index contributed by atoms with van der Waals surface area (Å²) in [5.74, 6) is 0. The number of hydrogen-bond donors (Lipinski definition) is 1. The lowest BCUT2D eigenvalue weighted by Crippen LogP contribution is -2.49. The van der Waals surface area contributed by atoms with Crippen molar-refractivity contribution in [3.63, 3.8) is 0 Å². The van der Waals surface area contributed by atoms with Crippen molar-refractivity contribution in [1.82, 2.24) is 0 Å². The van der Waals surface area contributed by atoms with Crippen LogP contribution in [0.15, 0.2) is 76.4 Å². The average Bonchev–Trinajstić information content (AvgIpc) is 2.86. The molecule has 1 N–H and O–H groups in total. The van der Waals surface area contributed by atoms with Gasteiger partial charge < -0.3 is 0 Å². The van der Waals surface area contributed by atoms with Crippen LogP contribution in [0.3, 0.4) is 0 Å². The summed E-state index contributed by atoms with van der Waals surface area (Å²) in [5.41, 5.74) is 5.21. The number of allylic oxidation sites excluding steroid dienone is 5. The van der Waals surface area contributed by atoms with Gasteiger partial charge in [-0.25, -0.2) is 8.42 Å². The first-order valence-corrected chi connectivity index (χ1v) is 10.8. The molecular weight excluding hydrogens is 354 g/mol. The Bertz CT molecular complexity index is 968. The quantitative estimate of drug-likeness (QED) is 0.671. The maximum absolute atomic E-state index is 13.9. The monoisotopic (exact) mass is 383 g/mol. The standard InChI is InChI=1S/C23H29NO2S/c1-16-12-13-17(2)21(16)23(18(3)14-22(5,6)15-19(23)4)27(25,26)24-20-10-8-7-9-11-20/h7-12,14-15,24H,13H2,1-6H3. The molecule has 0 unspecified atom stereocenters. The van der Waals surface area contributed by atoms with Crippen LogP contribution >= 0.6 is 0 Å². The molecular formula is C23H29NO2S. The summed E-state index contributed by atoms with van der Waals surface area (Å²) in [6, 6.07) is 9.13. The predicted molar refractivity (Wildman–Crippen MR) is 114 cm³/mol. The molecule has 1 aromatic rings. The number of hydrogen-bond acceptors (Lipinski definition) is 2. The van der Waals surface area contributed by atoms with E-state index in [-0.39, 0.29) is 5.41 Å². The maximum atomic E-state index is 13.9. The fraction of sp³-hybridized carbons (Fsp3) is 0.391. The third-order valence-corrected chi connectivity index (χ3v) is 7.76. The topological polar surface area (TPSA) is 46.2 Å². The second-order valence-electron chi connectivity index (χ2n) is 8.38. The second-order valence-corrected chi connectivity index (χ2v) is 10.2. The van der Waals surface area contributed by atoms with Crippen LogP contribution in [0.25, 0.3) is 0 Å². The van der Waals surface area contributed by atoms with Crippen LogP contribution in [0.4, 0.5) is 5.69 Å². The molecule has 2 aliphatic carbocycles. The highest BCUT2D eigenvalue weighted by Gasteiger charge is 2.54. The van der Waals surface area contributed by atoms with Gasteiger partial charge >= 0.3 is 0 Å². The van der Waals surface area contributed by atoms with Gasteiger partial charge in [0.1, 0.15) is 0 Å². The van der Waals surface area contributed by atoms with E-state index < -0.39 is 14.8 Å². The Kier molecular flexibility index (Phi) is 4.75. The second kappa shape index (κ2) is 6.52. The number of nitrogens with one attached hydrogen (secondary N) is 1. The highest BCUT2D eigenvalue weighted by atomic mass is 32.2. The van der Waals surface area contributed by atoms with Crippen LogP contribution in [0.2, 0.25) is 0 Å². The zero-order valence-electron chi connectivity index (χ0n) is 17.1. The molecule has 0 aromatic heterocycles. The Hall–Kier alpha value is -2.07. The Morgan fingerprint density at radius 3 is 1.96 bits per heavy atom. The van der Waals surface area contributed by atoms with Gasteiger partial charge in [-0.15, -0.1) is 0 Å². The fourth-order valence-electron chi connectivity index (χ4n) is 4.79. The van der Waals surface area contributed by atoms with E-state index in [4.69, 9.17) is 0 Å². The van der Waals surface area contributed by atoms with Crippen LogP contribution < -0.4 is 4.72 Å². The lowest BCUT2D eigenvalue weighted by atomic mass is 9.72. The van der Waals surface area contributed by atoms with Crippen LogP contribution in [-0.4, -0.2) is 13.2 Å². The molecule has 0 saturated carbocycles. The molecule has 0 spiro atoms. The largest absolute Gasteiger partial charge is 0.282 e. The molecule has 0 saturated heterocycles. The molecule has 144 valence electrons. The summed E-state index contributed by atoms with van der Waals surface area (Å²) in [7, 11) is -3.78. The summed E-state index contributed by atoms with van der Waals surface area (Å²) in [4.78, 5) is 0. The number of sulfonamides is 1. The number of para-hydroxylation sites is 1. The Morgan fingerprint density at radius 1 is 0.926 bits per heavy atom. The van der Waals surface area contributed by atoms with Gasteiger partial charge in [0.05, 0.1) is 0 Å². The highest BCUT2D eigenvalue weighted by molar-refractivity contribution is 7.94. The summed E-state index contributed by atoms with van der Waals surface area (Å²) in [5, 5.41) is 0. The van der Waals surface area contributed by atoms with E-state index >= 15 is 0 Å². The third-order valence-electron chi connectivity index (χ3n) is 5.60. The van der Waals surface area contributed by atoms with Gasteiger partial charge in [-0.3, -0.25) is 4.72 Å². The smallest absolute Gasteiger partial charge is 0.250 e. The summed E-state index contributed by atoms with van der Waals surface area (Å²) in [6.45, 7) is 12.2. The molecule has 0 aliphatic heterocycles. The van der Waals surface area contributed by atoms with Gasteiger partial charge in [-0.2, -0.15) is 0 Å². The van der Waals surface area contributed by atoms with Gasteiger partial charge in [0.15, 0.2) is 4.75 Å². The van der Waals surface area contributed by atoms with Gasteiger partial charge in [-0.05, 0) is 68.5 Å². The molecule has 4 heteroatoms. The van der Waals surface area contributed by atoms with Gasteiger partial charge in [0, 0.05) is 11.1 Å². The molecule has 0 fully saturated rings. The molecule has 0 amide bonds. The van der Waals surface area contributed by atoms with Crippen LogP contribution in [-0.2, 0) is 10.0 Å². The molecule has 0 bridgehead atoms. The van der Waals surface area contributed by atoms with Crippen molar-refractivity contribution in [2.75, 3.05) is 4.72 Å². The molecule has 3 nitrogen and oxygen atoms in total. The molecule has 3 rings (SSSR count). The van der Waals surface area contributed by atoms with E-state index in [0.717, 1.165) is 34.3 Å². The van der Waals surface area contributed by atoms with Gasteiger partial charge in [0.25, 0.3) is 10.0 Å². The first-order valence-electron chi connectivity index (χ1n) is 9.36. The van der Waals surface area contributed by atoms with Crippen molar-refractivity contribution >= 4 is 15.7 Å². The minimum atomic E-state index is -3.78. The average molecular weight is 384 g/mol. The van der Waals surface area contributed by atoms with E-state index in [1.54, 1.807) is 12.1 Å². The predicted octanol–water partition coefficient (Wildman–Crippen LogP) is 5.77. The van der Waals surface area contributed by atoms with Crippen molar-refractivity contribution in [3.05, 3.63) is 76.4 Å². The van der Waals surface area contributed by atoms with Crippen LogP contribution in [0.5, 0.6) is 0 Å². The molecule has 0 atom stereocenters. The summed E-state index contributed by atoms with van der Waals surface area (Å²) < 4.78 is 29.5. The highest BCUT2D eigenvalue weighted by Crippen LogP contribution is 2.52. The first-order chi connectivity index (χ1) is 12.5. The van der Waals surface area contributed by atoms with Crippen molar-refractivity contribution in [2.24, 2.45) is 5.41 Å². The Morgan fingerprint density at radius 2 is 1.48 bits per heavy atom. The number of anilines is 1. The van der Waals surface area contributed by atoms with Gasteiger partial charge in [-0.1, -0.05) is 55.8 Å². The van der Waals surface area contributed by atoms with Crippen molar-refractivity contribution < 1.29 is 8.42 Å². The zero-order valence-corrected chi connectivity index (χ0v) is 17.9. The lowest BCUT2D eigenvalue weighted by Gasteiger charge is -2.43. The van der Waals surface area contributed by atoms with Crippen molar-refractivity contribution in [2.45, 2.75) is 52.7 Å². The molecule has 0 heterocycles. The molecule has 27 heavy (non-hydrogen) atoms. The minimum Gasteiger partial charge on any atom is -0.282 e. The SMILES string of the molecule is CC1=CCC(C)=C1C1(S(=O)(=O)Nc2ccccc2)C(C)=CC(C)(C)C=C1C. The van der Waals surface area contributed by atoms with Gasteiger partial charge in [0.2, 0.25) is 0 Å². The van der Waals surface area contributed by atoms with E-state index in [2.05, 4.69) is 36.8 Å². The van der Waals surface area contributed by atoms with E-state index in [9.17, 15) is 8.42 Å². The summed E-state index contributed by atoms with van der Waals surface area (Å²) >= 11 is 0. The number of benzene rings is 1. The fourth-order valence-corrected chi connectivity index (χ4v) is 6.96. The third kappa shape index (κ3) is 3.10. The van der Waals surface area contributed by atoms with E-state index in [1.165, 1.54) is 0 Å². The number of rotatable bonds is 4. The summed E-state index contributed by atoms with van der Waals surface area (Å²) in [6.07, 6.45) is 7.12. The molecule has 1 aromatic carbocycles. The van der Waals surface area contributed by atoms with Crippen LogP contribution in [0, 0.1) is 5.41 Å². The molecule has 2 aliphatic rings. The van der Waals surface area contributed by atoms with E-state index in [1.807, 2.05) is 45.9 Å².